The van der Waals surface area contributed by atoms with Crippen LogP contribution in [0.25, 0.3) is 0 Å². The van der Waals surface area contributed by atoms with Crippen molar-refractivity contribution in [2.75, 3.05) is 19.6 Å². The number of benzene rings is 1. The predicted molar refractivity (Wildman–Crippen MR) is 93.3 cm³/mol. The van der Waals surface area contributed by atoms with E-state index >= 15 is 0 Å². The summed E-state index contributed by atoms with van der Waals surface area (Å²) in [5.41, 5.74) is 0.296. The molecule has 2 N–H and O–H groups in total. The van der Waals surface area contributed by atoms with E-state index in [4.69, 9.17) is 0 Å². The van der Waals surface area contributed by atoms with Crippen LogP contribution in [-0.4, -0.2) is 41.0 Å². The maximum atomic E-state index is 13.9. The zero-order chi connectivity index (χ0) is 20.8. The predicted octanol–water partition coefficient (Wildman–Crippen LogP) is 3.54. The van der Waals surface area contributed by atoms with E-state index in [9.17, 15) is 26.7 Å². The highest BCUT2D eigenvalue weighted by atomic mass is 19.4. The van der Waals surface area contributed by atoms with Crippen molar-refractivity contribution in [2.45, 2.75) is 37.5 Å². The molecule has 10 heteroatoms. The van der Waals surface area contributed by atoms with Gasteiger partial charge in [0.15, 0.2) is 6.29 Å². The number of aromatic amines is 1. The molecule has 1 saturated heterocycles. The second-order valence-electron chi connectivity index (χ2n) is 7.39. The lowest BCUT2D eigenvalue weighted by Gasteiger charge is -2.39. The van der Waals surface area contributed by atoms with Gasteiger partial charge in [-0.15, -0.1) is 0 Å². The normalized spacial score (nSPS) is 21.2. The summed E-state index contributed by atoms with van der Waals surface area (Å²) in [6.07, 6.45) is -3.11. The van der Waals surface area contributed by atoms with Gasteiger partial charge in [0, 0.05) is 31.3 Å². The van der Waals surface area contributed by atoms with Gasteiger partial charge in [-0.3, -0.25) is 20.1 Å². The van der Waals surface area contributed by atoms with Crippen molar-refractivity contribution >= 4 is 6.29 Å². The molecule has 29 heavy (non-hydrogen) atoms. The molecule has 0 aliphatic carbocycles. The number of carbonyl (C=O) groups is 1. The molecule has 1 aromatic heterocycles. The van der Waals surface area contributed by atoms with Crippen LogP contribution in [0.1, 0.15) is 57.8 Å². The monoisotopic (exact) mass is 414 g/mol. The molecule has 1 atom stereocenters. The summed E-state index contributed by atoms with van der Waals surface area (Å²) in [4.78, 5) is 13.2. The van der Waals surface area contributed by atoms with Crippen LogP contribution in [0.15, 0.2) is 12.1 Å². The fourth-order valence-electron chi connectivity index (χ4n) is 4.41. The molecule has 1 unspecified atom stereocenters. The standard InChI is InChI=1S/C19H19F5N4O/c20-11-7-13(16(14(21)8-11)19(22,23)24)10-2-5-28(6-3-10)18-17-12(1-4-25-18)15(9-29)26-27-17/h7-10,18,25H,1-6H2,(H,26,27). The average molecular weight is 414 g/mol. The molecule has 0 amide bonds. The summed E-state index contributed by atoms with van der Waals surface area (Å²) in [5.74, 6) is -3.18. The van der Waals surface area contributed by atoms with Gasteiger partial charge in [0.05, 0.1) is 11.3 Å². The quantitative estimate of drug-likeness (QED) is 0.596. The van der Waals surface area contributed by atoms with Gasteiger partial charge in [-0.05, 0) is 36.8 Å². The Bertz CT molecular complexity index is 918. The number of piperidine rings is 1. The van der Waals surface area contributed by atoms with E-state index in [1.807, 2.05) is 4.90 Å². The number of carbonyl (C=O) groups excluding carboxylic acids is 1. The summed E-state index contributed by atoms with van der Waals surface area (Å²) in [7, 11) is 0. The van der Waals surface area contributed by atoms with Crippen LogP contribution in [0.3, 0.4) is 0 Å². The zero-order valence-electron chi connectivity index (χ0n) is 15.3. The van der Waals surface area contributed by atoms with Crippen molar-refractivity contribution < 1.29 is 26.7 Å². The van der Waals surface area contributed by atoms with Crippen LogP contribution in [-0.2, 0) is 12.6 Å². The molecular weight excluding hydrogens is 395 g/mol. The Morgan fingerprint density at radius 1 is 1.17 bits per heavy atom. The number of aldehydes is 1. The maximum Gasteiger partial charge on any atom is 0.419 e. The Hall–Kier alpha value is -2.33. The van der Waals surface area contributed by atoms with Gasteiger partial charge in [-0.25, -0.2) is 8.78 Å². The molecule has 156 valence electrons. The van der Waals surface area contributed by atoms with E-state index in [1.165, 1.54) is 0 Å². The van der Waals surface area contributed by atoms with E-state index in [0.717, 1.165) is 17.3 Å². The SMILES string of the molecule is O=Cc1n[nH]c2c1CCNC2N1CCC(c2cc(F)cc(F)c2C(F)(F)F)CC1. The molecule has 0 radical (unpaired) electrons. The second kappa shape index (κ2) is 7.49. The van der Waals surface area contributed by atoms with Crippen molar-refractivity contribution in [1.82, 2.24) is 20.4 Å². The van der Waals surface area contributed by atoms with Crippen LogP contribution in [0.2, 0.25) is 0 Å². The zero-order valence-corrected chi connectivity index (χ0v) is 15.3. The number of rotatable bonds is 3. The molecule has 1 aromatic carbocycles. The number of nitrogens with one attached hydrogen (secondary N) is 2. The number of fused-ring (bicyclic) bond motifs is 1. The van der Waals surface area contributed by atoms with Crippen molar-refractivity contribution in [1.29, 1.82) is 0 Å². The maximum absolute atomic E-state index is 13.9. The Kier molecular flexibility index (Phi) is 5.16. The summed E-state index contributed by atoms with van der Waals surface area (Å²) >= 11 is 0. The molecule has 4 rings (SSSR count). The van der Waals surface area contributed by atoms with Gasteiger partial charge in [-0.1, -0.05) is 0 Å². The number of likely N-dealkylation sites (tertiary alicyclic amines) is 1. The summed E-state index contributed by atoms with van der Waals surface area (Å²) in [6, 6.07) is 1.08. The van der Waals surface area contributed by atoms with Gasteiger partial charge < -0.3 is 0 Å². The average Bonchev–Trinajstić information content (AvgIpc) is 3.09. The van der Waals surface area contributed by atoms with Crippen molar-refractivity contribution in [3.05, 3.63) is 51.8 Å². The molecular formula is C19H19F5N4O. The molecule has 0 bridgehead atoms. The largest absolute Gasteiger partial charge is 0.419 e. The molecule has 0 spiro atoms. The van der Waals surface area contributed by atoms with E-state index in [0.29, 0.717) is 50.9 Å². The van der Waals surface area contributed by atoms with Crippen LogP contribution < -0.4 is 5.32 Å². The Balaban J connectivity index is 1.55. The lowest BCUT2D eigenvalue weighted by Crippen LogP contribution is -2.46. The molecule has 3 heterocycles. The minimum atomic E-state index is -4.88. The highest BCUT2D eigenvalue weighted by Crippen LogP contribution is 2.41. The van der Waals surface area contributed by atoms with Crippen LogP contribution in [0.5, 0.6) is 0 Å². The molecule has 2 aromatic rings. The highest BCUT2D eigenvalue weighted by molar-refractivity contribution is 5.75. The van der Waals surface area contributed by atoms with Crippen molar-refractivity contribution in [3.63, 3.8) is 0 Å². The smallest absolute Gasteiger partial charge is 0.296 e. The minimum absolute atomic E-state index is 0.229. The van der Waals surface area contributed by atoms with E-state index < -0.39 is 29.3 Å². The first-order valence-electron chi connectivity index (χ1n) is 9.35. The summed E-state index contributed by atoms with van der Waals surface area (Å²) in [5, 5.41) is 10.2. The Morgan fingerprint density at radius 3 is 2.55 bits per heavy atom. The van der Waals surface area contributed by atoms with Gasteiger partial charge in [0.1, 0.15) is 23.5 Å². The minimum Gasteiger partial charge on any atom is -0.296 e. The fourth-order valence-corrected chi connectivity index (χ4v) is 4.41. The lowest BCUT2D eigenvalue weighted by molar-refractivity contribution is -0.141. The first-order valence-corrected chi connectivity index (χ1v) is 9.35. The van der Waals surface area contributed by atoms with Crippen LogP contribution in [0.4, 0.5) is 22.0 Å². The Labute approximate surface area is 163 Å². The third kappa shape index (κ3) is 3.66. The molecule has 5 nitrogen and oxygen atoms in total. The number of halogens is 5. The van der Waals surface area contributed by atoms with Gasteiger partial charge in [0.2, 0.25) is 0 Å². The first kappa shape index (κ1) is 20.0. The third-order valence-electron chi connectivity index (χ3n) is 5.73. The highest BCUT2D eigenvalue weighted by Gasteiger charge is 2.40. The lowest BCUT2D eigenvalue weighted by atomic mass is 9.85. The number of hydrogen-bond donors (Lipinski definition) is 2. The van der Waals surface area contributed by atoms with Gasteiger partial charge >= 0.3 is 6.18 Å². The van der Waals surface area contributed by atoms with Crippen molar-refractivity contribution in [3.8, 4) is 0 Å². The molecule has 0 saturated carbocycles. The number of H-pyrrole nitrogens is 1. The molecule has 2 aliphatic rings. The number of hydrogen-bond acceptors (Lipinski definition) is 4. The van der Waals surface area contributed by atoms with Crippen LogP contribution >= 0.6 is 0 Å². The number of aromatic nitrogens is 2. The third-order valence-corrected chi connectivity index (χ3v) is 5.73. The Morgan fingerprint density at radius 2 is 1.90 bits per heavy atom. The topological polar surface area (TPSA) is 61.0 Å². The van der Waals surface area contributed by atoms with Gasteiger partial charge in [-0.2, -0.15) is 18.3 Å². The summed E-state index contributed by atoms with van der Waals surface area (Å²) in [6.45, 7) is 1.52. The van der Waals surface area contributed by atoms with Crippen LogP contribution in [0, 0.1) is 11.6 Å². The van der Waals surface area contributed by atoms with E-state index in [-0.39, 0.29) is 17.8 Å². The molecule has 1 fully saturated rings. The number of nitrogens with zero attached hydrogens (tertiary/aromatic N) is 2. The second-order valence-corrected chi connectivity index (χ2v) is 7.39. The summed E-state index contributed by atoms with van der Waals surface area (Å²) < 4.78 is 67.6. The van der Waals surface area contributed by atoms with E-state index in [1.54, 1.807) is 0 Å². The molecule has 2 aliphatic heterocycles. The number of alkyl halides is 3. The van der Waals surface area contributed by atoms with E-state index in [2.05, 4.69) is 15.5 Å². The fraction of sp³-hybridized carbons (Fsp3) is 0.474. The van der Waals surface area contributed by atoms with Crippen molar-refractivity contribution in [2.24, 2.45) is 0 Å². The van der Waals surface area contributed by atoms with Gasteiger partial charge in [0.25, 0.3) is 0 Å². The first-order chi connectivity index (χ1) is 13.8.